The van der Waals surface area contributed by atoms with Gasteiger partial charge in [0.25, 0.3) is 0 Å². The van der Waals surface area contributed by atoms with Crippen LogP contribution in [0.2, 0.25) is 0 Å². The number of phenolic OH excluding ortho intramolecular Hbond substituents is 1. The Morgan fingerprint density at radius 1 is 1.00 bits per heavy atom. The van der Waals surface area contributed by atoms with E-state index < -0.39 is 0 Å². The third-order valence-electron chi connectivity index (χ3n) is 3.42. The maximum atomic E-state index is 9.51. The average Bonchev–Trinajstić information content (AvgIpc) is 3.21. The molecule has 0 aliphatic heterocycles. The summed E-state index contributed by atoms with van der Waals surface area (Å²) in [6.07, 6.45) is 2.57. The molecule has 0 saturated heterocycles. The molecule has 0 amide bonds. The van der Waals surface area contributed by atoms with Gasteiger partial charge in [-0.05, 0) is 36.5 Å². The summed E-state index contributed by atoms with van der Waals surface area (Å²) < 4.78 is 0. The number of rotatable bonds is 4. The van der Waals surface area contributed by atoms with Gasteiger partial charge in [0.2, 0.25) is 0 Å². The zero-order valence-electron chi connectivity index (χ0n) is 10.2. The summed E-state index contributed by atoms with van der Waals surface area (Å²) in [5.41, 5.74) is 2.30. The number of hydrogen-bond donors (Lipinski definition) is 2. The molecule has 2 aromatic rings. The van der Waals surface area contributed by atoms with Crippen LogP contribution in [0.15, 0.2) is 54.6 Å². The van der Waals surface area contributed by atoms with Crippen molar-refractivity contribution in [2.75, 3.05) is 5.32 Å². The Labute approximate surface area is 107 Å². The van der Waals surface area contributed by atoms with Crippen molar-refractivity contribution in [1.82, 2.24) is 0 Å². The molecule has 1 saturated carbocycles. The van der Waals surface area contributed by atoms with Crippen molar-refractivity contribution >= 4 is 5.69 Å². The Morgan fingerprint density at radius 3 is 2.44 bits per heavy atom. The van der Waals surface area contributed by atoms with E-state index in [1.54, 1.807) is 12.1 Å². The smallest absolute Gasteiger partial charge is 0.117 e. The van der Waals surface area contributed by atoms with Crippen molar-refractivity contribution in [3.05, 3.63) is 60.2 Å². The summed E-state index contributed by atoms with van der Waals surface area (Å²) in [5, 5.41) is 13.0. The summed E-state index contributed by atoms with van der Waals surface area (Å²) in [6, 6.07) is 18.2. The minimum atomic E-state index is 0.308. The lowest BCUT2D eigenvalue weighted by Gasteiger charge is -2.20. The first-order valence-electron chi connectivity index (χ1n) is 6.43. The fourth-order valence-electron chi connectivity index (χ4n) is 2.34. The van der Waals surface area contributed by atoms with Crippen LogP contribution in [0, 0.1) is 5.92 Å². The molecule has 2 nitrogen and oxygen atoms in total. The monoisotopic (exact) mass is 239 g/mol. The summed E-state index contributed by atoms with van der Waals surface area (Å²) in [4.78, 5) is 0. The quantitative estimate of drug-likeness (QED) is 0.846. The lowest BCUT2D eigenvalue weighted by Crippen LogP contribution is -2.12. The summed E-state index contributed by atoms with van der Waals surface area (Å²) in [7, 11) is 0. The molecule has 3 rings (SSSR count). The minimum Gasteiger partial charge on any atom is -0.508 e. The molecule has 18 heavy (non-hydrogen) atoms. The Bertz CT molecular complexity index is 520. The number of nitrogens with one attached hydrogen (secondary N) is 1. The molecule has 1 atom stereocenters. The summed E-state index contributed by atoms with van der Waals surface area (Å²) in [5.74, 6) is 1.03. The molecular formula is C16H17NO. The first-order chi connectivity index (χ1) is 8.83. The normalized spacial score (nSPS) is 16.2. The number of anilines is 1. The second-order valence-corrected chi connectivity index (χ2v) is 4.92. The van der Waals surface area contributed by atoms with Crippen LogP contribution in [0.3, 0.4) is 0 Å². The van der Waals surface area contributed by atoms with Crippen molar-refractivity contribution in [2.24, 2.45) is 5.92 Å². The third-order valence-corrected chi connectivity index (χ3v) is 3.42. The van der Waals surface area contributed by atoms with E-state index in [-0.39, 0.29) is 0 Å². The molecule has 92 valence electrons. The van der Waals surface area contributed by atoms with Crippen LogP contribution in [-0.2, 0) is 0 Å². The van der Waals surface area contributed by atoms with Gasteiger partial charge < -0.3 is 10.4 Å². The fourth-order valence-corrected chi connectivity index (χ4v) is 2.34. The zero-order valence-corrected chi connectivity index (χ0v) is 10.2. The molecular weight excluding hydrogens is 222 g/mol. The van der Waals surface area contributed by atoms with Crippen molar-refractivity contribution in [1.29, 1.82) is 0 Å². The lowest BCUT2D eigenvalue weighted by atomic mass is 10.0. The van der Waals surface area contributed by atoms with Gasteiger partial charge >= 0.3 is 0 Å². The van der Waals surface area contributed by atoms with Gasteiger partial charge in [-0.15, -0.1) is 0 Å². The lowest BCUT2D eigenvalue weighted by molar-refractivity contribution is 0.475. The van der Waals surface area contributed by atoms with E-state index >= 15 is 0 Å². The second-order valence-electron chi connectivity index (χ2n) is 4.92. The van der Waals surface area contributed by atoms with E-state index in [2.05, 4.69) is 29.6 Å². The largest absolute Gasteiger partial charge is 0.508 e. The highest BCUT2D eigenvalue weighted by Crippen LogP contribution is 2.42. The van der Waals surface area contributed by atoms with Crippen LogP contribution in [0.1, 0.15) is 24.4 Å². The number of hydrogen-bond acceptors (Lipinski definition) is 2. The molecule has 0 aromatic heterocycles. The maximum absolute atomic E-state index is 9.51. The van der Waals surface area contributed by atoms with E-state index in [1.807, 2.05) is 18.2 Å². The van der Waals surface area contributed by atoms with Crippen LogP contribution in [0.4, 0.5) is 5.69 Å². The summed E-state index contributed by atoms with van der Waals surface area (Å²) in [6.45, 7) is 0. The molecule has 0 heterocycles. The molecule has 2 heteroatoms. The molecule has 1 unspecified atom stereocenters. The predicted octanol–water partition coefficient (Wildman–Crippen LogP) is 3.96. The van der Waals surface area contributed by atoms with Crippen LogP contribution >= 0.6 is 0 Å². The van der Waals surface area contributed by atoms with Crippen LogP contribution in [-0.4, -0.2) is 5.11 Å². The number of aromatic hydroxyl groups is 1. The second kappa shape index (κ2) is 4.73. The van der Waals surface area contributed by atoms with Crippen molar-refractivity contribution < 1.29 is 5.11 Å². The highest BCUT2D eigenvalue weighted by Gasteiger charge is 2.32. The Kier molecular flexibility index (Phi) is 2.93. The van der Waals surface area contributed by atoms with Gasteiger partial charge in [0.05, 0.1) is 6.04 Å². The Morgan fingerprint density at radius 2 is 1.78 bits per heavy atom. The maximum Gasteiger partial charge on any atom is 0.117 e. The molecule has 0 bridgehead atoms. The van der Waals surface area contributed by atoms with Crippen LogP contribution in [0.25, 0.3) is 0 Å². The van der Waals surface area contributed by atoms with Crippen molar-refractivity contribution in [2.45, 2.75) is 18.9 Å². The number of benzene rings is 2. The van der Waals surface area contributed by atoms with Gasteiger partial charge in [0.1, 0.15) is 5.75 Å². The van der Waals surface area contributed by atoms with Gasteiger partial charge in [0.15, 0.2) is 0 Å². The van der Waals surface area contributed by atoms with Crippen LogP contribution in [0.5, 0.6) is 5.75 Å². The Hall–Kier alpha value is -1.96. The minimum absolute atomic E-state index is 0.308. The van der Waals surface area contributed by atoms with E-state index in [0.29, 0.717) is 11.8 Å². The van der Waals surface area contributed by atoms with E-state index in [1.165, 1.54) is 18.4 Å². The molecule has 1 aliphatic carbocycles. The van der Waals surface area contributed by atoms with Crippen LogP contribution < -0.4 is 5.32 Å². The van der Waals surface area contributed by atoms with E-state index in [9.17, 15) is 5.11 Å². The van der Waals surface area contributed by atoms with Gasteiger partial charge in [-0.1, -0.05) is 36.4 Å². The zero-order chi connectivity index (χ0) is 12.4. The predicted molar refractivity (Wildman–Crippen MR) is 73.6 cm³/mol. The van der Waals surface area contributed by atoms with Gasteiger partial charge in [-0.2, -0.15) is 0 Å². The summed E-state index contributed by atoms with van der Waals surface area (Å²) >= 11 is 0. The molecule has 2 N–H and O–H groups in total. The first kappa shape index (κ1) is 11.1. The molecule has 0 spiro atoms. The van der Waals surface area contributed by atoms with E-state index in [4.69, 9.17) is 0 Å². The highest BCUT2D eigenvalue weighted by molar-refractivity contribution is 5.50. The fraction of sp³-hybridized carbons (Fsp3) is 0.250. The molecule has 2 aromatic carbocycles. The number of phenols is 1. The first-order valence-corrected chi connectivity index (χ1v) is 6.43. The highest BCUT2D eigenvalue weighted by atomic mass is 16.3. The average molecular weight is 239 g/mol. The van der Waals surface area contributed by atoms with Gasteiger partial charge in [-0.3, -0.25) is 0 Å². The Balaban J connectivity index is 1.83. The standard InChI is InChI=1S/C16H17NO/c18-15-8-4-7-14(11-15)17-16(13-9-10-13)12-5-2-1-3-6-12/h1-8,11,13,16-18H,9-10H2. The molecule has 1 aliphatic rings. The van der Waals surface area contributed by atoms with Crippen molar-refractivity contribution in [3.63, 3.8) is 0 Å². The SMILES string of the molecule is Oc1cccc(NC(c2ccccc2)C2CC2)c1. The molecule has 0 radical (unpaired) electrons. The third kappa shape index (κ3) is 2.48. The molecule has 1 fully saturated rings. The topological polar surface area (TPSA) is 32.3 Å². The van der Waals surface area contributed by atoms with E-state index in [0.717, 1.165) is 11.6 Å². The van der Waals surface area contributed by atoms with Gasteiger partial charge in [-0.25, -0.2) is 0 Å². The van der Waals surface area contributed by atoms with Gasteiger partial charge in [0, 0.05) is 11.8 Å². The van der Waals surface area contributed by atoms with Crippen molar-refractivity contribution in [3.8, 4) is 5.75 Å².